The minimum absolute atomic E-state index is 0.732. The number of nitrogens with zero attached hydrogens (tertiary/aromatic N) is 4. The molecule has 0 N–H and O–H groups in total. The topological polar surface area (TPSA) is 43.6 Å². The maximum atomic E-state index is 4.63. The largest absolute Gasteiger partial charge is 0.244 e. The Balaban J connectivity index is 2.25. The lowest BCUT2D eigenvalue weighted by Gasteiger charge is -1.94. The van der Waals surface area contributed by atoms with E-state index >= 15 is 0 Å². The lowest BCUT2D eigenvalue weighted by molar-refractivity contribution is 0.720. The average Bonchev–Trinajstić information content (AvgIpc) is 2.81. The van der Waals surface area contributed by atoms with Crippen LogP contribution in [-0.4, -0.2) is 20.0 Å². The fourth-order valence-corrected chi connectivity index (χ4v) is 3.37. The molecule has 17 heavy (non-hydrogen) atoms. The second-order valence-corrected chi connectivity index (χ2v) is 5.62. The molecule has 2 heterocycles. The summed E-state index contributed by atoms with van der Waals surface area (Å²) < 4.78 is 3.64. The third-order valence-corrected chi connectivity index (χ3v) is 4.11. The summed E-state index contributed by atoms with van der Waals surface area (Å²) in [6.07, 6.45) is 0. The van der Waals surface area contributed by atoms with Crippen LogP contribution in [0, 0.1) is 6.92 Å². The monoisotopic (exact) mass is 308 g/mol. The van der Waals surface area contributed by atoms with Gasteiger partial charge in [-0.2, -0.15) is 0 Å². The molecule has 0 spiro atoms. The quantitative estimate of drug-likeness (QED) is 0.693. The highest BCUT2D eigenvalue weighted by Gasteiger charge is 2.15. The summed E-state index contributed by atoms with van der Waals surface area (Å²) in [4.78, 5) is 4.63. The van der Waals surface area contributed by atoms with Crippen molar-refractivity contribution >= 4 is 37.5 Å². The number of hydrogen-bond acceptors (Lipinski definition) is 4. The van der Waals surface area contributed by atoms with Gasteiger partial charge in [-0.1, -0.05) is 11.3 Å². The van der Waals surface area contributed by atoms with Gasteiger partial charge in [-0.15, -0.1) is 16.4 Å². The van der Waals surface area contributed by atoms with Gasteiger partial charge in [-0.25, -0.2) is 9.67 Å². The Morgan fingerprint density at radius 1 is 1.35 bits per heavy atom. The van der Waals surface area contributed by atoms with E-state index in [0.29, 0.717) is 0 Å². The smallest absolute Gasteiger partial charge is 0.158 e. The lowest BCUT2D eigenvalue weighted by Crippen LogP contribution is -1.93. The maximum absolute atomic E-state index is 4.63. The van der Waals surface area contributed by atoms with Crippen molar-refractivity contribution < 1.29 is 0 Å². The zero-order valence-electron chi connectivity index (χ0n) is 9.31. The SMILES string of the molecule is Cc1ccc2sc(-c3c(Br)nnn3C)nc2c1. The summed E-state index contributed by atoms with van der Waals surface area (Å²) >= 11 is 5.05. The molecule has 0 aliphatic rings. The van der Waals surface area contributed by atoms with E-state index in [1.807, 2.05) is 7.05 Å². The van der Waals surface area contributed by atoms with Crippen molar-refractivity contribution in [3.8, 4) is 10.7 Å². The third-order valence-electron chi connectivity index (χ3n) is 2.53. The van der Waals surface area contributed by atoms with Crippen LogP contribution < -0.4 is 0 Å². The van der Waals surface area contributed by atoms with E-state index in [1.165, 1.54) is 10.3 Å². The first-order chi connectivity index (χ1) is 8.15. The van der Waals surface area contributed by atoms with E-state index < -0.39 is 0 Å². The number of halogens is 1. The second kappa shape index (κ2) is 3.89. The van der Waals surface area contributed by atoms with Gasteiger partial charge in [-0.05, 0) is 40.5 Å². The molecule has 4 nitrogen and oxygen atoms in total. The van der Waals surface area contributed by atoms with Crippen molar-refractivity contribution in [1.29, 1.82) is 0 Å². The zero-order chi connectivity index (χ0) is 12.0. The number of hydrogen-bond donors (Lipinski definition) is 0. The number of thiazole rings is 1. The Hall–Kier alpha value is -1.27. The van der Waals surface area contributed by atoms with E-state index in [0.717, 1.165) is 20.8 Å². The Kier molecular flexibility index (Phi) is 2.48. The predicted molar refractivity (Wildman–Crippen MR) is 72.1 cm³/mol. The van der Waals surface area contributed by atoms with Crippen molar-refractivity contribution in [2.24, 2.45) is 7.05 Å². The number of benzene rings is 1. The molecule has 0 amide bonds. The van der Waals surface area contributed by atoms with Crippen molar-refractivity contribution in [3.05, 3.63) is 28.4 Å². The molecule has 0 fully saturated rings. The summed E-state index contributed by atoms with van der Waals surface area (Å²) in [7, 11) is 1.87. The van der Waals surface area contributed by atoms with Crippen molar-refractivity contribution in [3.63, 3.8) is 0 Å². The minimum Gasteiger partial charge on any atom is -0.244 e. The van der Waals surface area contributed by atoms with Gasteiger partial charge < -0.3 is 0 Å². The van der Waals surface area contributed by atoms with E-state index in [2.05, 4.69) is 56.3 Å². The first kappa shape index (κ1) is 10.9. The molecule has 0 saturated heterocycles. The minimum atomic E-state index is 0.732. The van der Waals surface area contributed by atoms with Gasteiger partial charge in [0, 0.05) is 7.05 Å². The van der Waals surface area contributed by atoms with Gasteiger partial charge in [-0.3, -0.25) is 0 Å². The molecule has 1 aromatic carbocycles. The number of aryl methyl sites for hydroxylation is 2. The Bertz CT molecular complexity index is 681. The van der Waals surface area contributed by atoms with Crippen molar-refractivity contribution in [1.82, 2.24) is 20.0 Å². The molecule has 2 aromatic heterocycles. The van der Waals surface area contributed by atoms with Crippen LogP contribution in [0.25, 0.3) is 20.9 Å². The van der Waals surface area contributed by atoms with Crippen LogP contribution in [0.4, 0.5) is 0 Å². The molecular formula is C11H9BrN4S. The molecule has 0 atom stereocenters. The molecule has 0 bridgehead atoms. The third kappa shape index (κ3) is 1.77. The molecule has 0 saturated carbocycles. The Morgan fingerprint density at radius 2 is 2.18 bits per heavy atom. The summed E-state index contributed by atoms with van der Waals surface area (Å²) in [5.41, 5.74) is 3.17. The lowest BCUT2D eigenvalue weighted by atomic mass is 10.2. The number of aromatic nitrogens is 4. The van der Waals surface area contributed by atoms with Crippen LogP contribution in [0.15, 0.2) is 22.8 Å². The highest BCUT2D eigenvalue weighted by molar-refractivity contribution is 9.10. The summed E-state index contributed by atoms with van der Waals surface area (Å²) in [6.45, 7) is 2.07. The molecule has 6 heteroatoms. The summed E-state index contributed by atoms with van der Waals surface area (Å²) in [6, 6.07) is 6.29. The van der Waals surface area contributed by atoms with Gasteiger partial charge in [0.25, 0.3) is 0 Å². The second-order valence-electron chi connectivity index (χ2n) is 3.84. The highest BCUT2D eigenvalue weighted by atomic mass is 79.9. The molecule has 3 aromatic rings. The highest BCUT2D eigenvalue weighted by Crippen LogP contribution is 2.33. The molecule has 0 aliphatic carbocycles. The van der Waals surface area contributed by atoms with Crippen LogP contribution in [0.5, 0.6) is 0 Å². The number of rotatable bonds is 1. The molecular weight excluding hydrogens is 300 g/mol. The van der Waals surface area contributed by atoms with Gasteiger partial charge in [0.05, 0.1) is 10.2 Å². The van der Waals surface area contributed by atoms with Gasteiger partial charge in [0.15, 0.2) is 4.60 Å². The zero-order valence-corrected chi connectivity index (χ0v) is 11.7. The maximum Gasteiger partial charge on any atom is 0.158 e. The normalized spacial score (nSPS) is 11.2. The molecule has 0 radical (unpaired) electrons. The van der Waals surface area contributed by atoms with Crippen LogP contribution in [-0.2, 0) is 7.05 Å². The van der Waals surface area contributed by atoms with Gasteiger partial charge in [0.2, 0.25) is 0 Å². The average molecular weight is 309 g/mol. The molecule has 0 aliphatic heterocycles. The number of fused-ring (bicyclic) bond motifs is 1. The fraction of sp³-hybridized carbons (Fsp3) is 0.182. The van der Waals surface area contributed by atoms with Crippen LogP contribution in [0.1, 0.15) is 5.56 Å². The van der Waals surface area contributed by atoms with Crippen molar-refractivity contribution in [2.45, 2.75) is 6.92 Å². The first-order valence-corrected chi connectivity index (χ1v) is 6.69. The summed E-state index contributed by atoms with van der Waals surface area (Å²) in [5, 5.41) is 8.88. The predicted octanol–water partition coefficient (Wildman–Crippen LogP) is 3.16. The van der Waals surface area contributed by atoms with Crippen molar-refractivity contribution in [2.75, 3.05) is 0 Å². The fourth-order valence-electron chi connectivity index (χ4n) is 1.70. The van der Waals surface area contributed by atoms with Gasteiger partial charge in [0.1, 0.15) is 10.7 Å². The molecule has 3 rings (SSSR count). The van der Waals surface area contributed by atoms with Gasteiger partial charge >= 0.3 is 0 Å². The Labute approximate surface area is 110 Å². The first-order valence-electron chi connectivity index (χ1n) is 5.08. The van der Waals surface area contributed by atoms with Crippen LogP contribution >= 0.6 is 27.3 Å². The molecule has 0 unspecified atom stereocenters. The standard InChI is InChI=1S/C11H9BrN4S/c1-6-3-4-8-7(5-6)13-11(17-8)9-10(12)14-15-16(9)2/h3-5H,1-2H3. The van der Waals surface area contributed by atoms with E-state index in [-0.39, 0.29) is 0 Å². The Morgan fingerprint density at radius 3 is 2.88 bits per heavy atom. The molecule has 86 valence electrons. The van der Waals surface area contributed by atoms with Crippen LogP contribution in [0.3, 0.4) is 0 Å². The van der Waals surface area contributed by atoms with E-state index in [1.54, 1.807) is 16.0 Å². The summed E-state index contributed by atoms with van der Waals surface area (Å²) in [5.74, 6) is 0. The van der Waals surface area contributed by atoms with Crippen LogP contribution in [0.2, 0.25) is 0 Å². The van der Waals surface area contributed by atoms with E-state index in [9.17, 15) is 0 Å². The van der Waals surface area contributed by atoms with E-state index in [4.69, 9.17) is 0 Å².